The first-order valence-electron chi connectivity index (χ1n) is 6.73. The molecular weight excluding hydrogens is 242 g/mol. The summed E-state index contributed by atoms with van der Waals surface area (Å²) in [7, 11) is 0. The molecule has 1 saturated heterocycles. The van der Waals surface area contributed by atoms with E-state index in [-0.39, 0.29) is 0 Å². The van der Waals surface area contributed by atoms with Crippen LogP contribution in [-0.2, 0) is 4.74 Å². The molecule has 2 aromatic rings. The Balaban J connectivity index is 1.75. The van der Waals surface area contributed by atoms with E-state index in [1.807, 2.05) is 18.2 Å². The quantitative estimate of drug-likeness (QED) is 0.831. The SMILES string of the molecule is CC(Nc1nc2c(N)cccc2o1)C1CCOCC1. The van der Waals surface area contributed by atoms with Gasteiger partial charge in [0.15, 0.2) is 5.58 Å². The summed E-state index contributed by atoms with van der Waals surface area (Å²) in [6.45, 7) is 3.85. The van der Waals surface area contributed by atoms with Crippen molar-refractivity contribution in [2.45, 2.75) is 25.8 Å². The van der Waals surface area contributed by atoms with Gasteiger partial charge in [-0.05, 0) is 37.8 Å². The van der Waals surface area contributed by atoms with Crippen LogP contribution >= 0.6 is 0 Å². The van der Waals surface area contributed by atoms with Crippen LogP contribution in [0.2, 0.25) is 0 Å². The van der Waals surface area contributed by atoms with Gasteiger partial charge >= 0.3 is 0 Å². The summed E-state index contributed by atoms with van der Waals surface area (Å²) in [4.78, 5) is 4.41. The number of nitrogen functional groups attached to an aromatic ring is 1. The molecule has 5 heteroatoms. The number of rotatable bonds is 3. The van der Waals surface area contributed by atoms with Crippen molar-refractivity contribution in [3.63, 3.8) is 0 Å². The summed E-state index contributed by atoms with van der Waals surface area (Å²) in [5.41, 5.74) is 7.97. The zero-order valence-corrected chi connectivity index (χ0v) is 11.1. The van der Waals surface area contributed by atoms with Gasteiger partial charge in [0.25, 0.3) is 6.01 Å². The number of nitrogens with zero attached hydrogens (tertiary/aromatic N) is 1. The van der Waals surface area contributed by atoms with Crippen molar-refractivity contribution >= 4 is 22.8 Å². The topological polar surface area (TPSA) is 73.3 Å². The van der Waals surface area contributed by atoms with Crippen molar-refractivity contribution in [3.8, 4) is 0 Å². The minimum atomic E-state index is 0.318. The Morgan fingerprint density at radius 1 is 1.37 bits per heavy atom. The molecule has 0 amide bonds. The smallest absolute Gasteiger partial charge is 0.295 e. The van der Waals surface area contributed by atoms with Crippen LogP contribution in [0.3, 0.4) is 0 Å². The van der Waals surface area contributed by atoms with Crippen LogP contribution in [0.5, 0.6) is 0 Å². The predicted molar refractivity (Wildman–Crippen MR) is 75.0 cm³/mol. The lowest BCUT2D eigenvalue weighted by atomic mass is 9.93. The van der Waals surface area contributed by atoms with Crippen molar-refractivity contribution in [3.05, 3.63) is 18.2 Å². The van der Waals surface area contributed by atoms with Crippen LogP contribution in [0, 0.1) is 5.92 Å². The van der Waals surface area contributed by atoms with E-state index in [4.69, 9.17) is 14.9 Å². The maximum atomic E-state index is 5.88. The fourth-order valence-electron chi connectivity index (χ4n) is 2.56. The molecule has 1 aromatic carbocycles. The summed E-state index contributed by atoms with van der Waals surface area (Å²) in [6, 6.07) is 6.44. The predicted octanol–water partition coefficient (Wildman–Crippen LogP) is 2.64. The second kappa shape index (κ2) is 5.09. The van der Waals surface area contributed by atoms with E-state index in [0.717, 1.165) is 37.2 Å². The third kappa shape index (κ3) is 2.51. The van der Waals surface area contributed by atoms with Gasteiger partial charge in [0.05, 0.1) is 5.69 Å². The Hall–Kier alpha value is -1.75. The molecule has 5 nitrogen and oxygen atoms in total. The van der Waals surface area contributed by atoms with E-state index in [1.165, 1.54) is 0 Å². The van der Waals surface area contributed by atoms with Gasteiger partial charge in [-0.2, -0.15) is 4.98 Å². The van der Waals surface area contributed by atoms with E-state index in [1.54, 1.807) is 0 Å². The van der Waals surface area contributed by atoms with E-state index in [0.29, 0.717) is 23.7 Å². The first kappa shape index (κ1) is 12.3. The summed E-state index contributed by atoms with van der Waals surface area (Å²) < 4.78 is 11.1. The Morgan fingerprint density at radius 3 is 2.89 bits per heavy atom. The Bertz CT molecular complexity index is 561. The third-order valence-electron chi connectivity index (χ3n) is 3.77. The van der Waals surface area contributed by atoms with Gasteiger partial charge in [-0.1, -0.05) is 6.07 Å². The molecule has 0 bridgehead atoms. The number of oxazole rings is 1. The minimum absolute atomic E-state index is 0.318. The largest absolute Gasteiger partial charge is 0.423 e. The number of hydrogen-bond donors (Lipinski definition) is 2. The minimum Gasteiger partial charge on any atom is -0.423 e. The van der Waals surface area contributed by atoms with Crippen molar-refractivity contribution in [2.24, 2.45) is 5.92 Å². The molecule has 2 heterocycles. The average Bonchev–Trinajstić information content (AvgIpc) is 2.84. The van der Waals surface area contributed by atoms with E-state index in [2.05, 4.69) is 17.2 Å². The van der Waals surface area contributed by atoms with Gasteiger partial charge < -0.3 is 20.2 Å². The Morgan fingerprint density at radius 2 is 2.16 bits per heavy atom. The molecule has 1 fully saturated rings. The number of benzene rings is 1. The normalized spacial score (nSPS) is 18.6. The summed E-state index contributed by atoms with van der Waals surface area (Å²) in [5, 5.41) is 3.34. The van der Waals surface area contributed by atoms with Crippen molar-refractivity contribution in [1.82, 2.24) is 4.98 Å². The molecule has 19 heavy (non-hydrogen) atoms. The highest BCUT2D eigenvalue weighted by molar-refractivity contribution is 5.86. The molecule has 0 aliphatic carbocycles. The van der Waals surface area contributed by atoms with Crippen LogP contribution in [0.4, 0.5) is 11.7 Å². The van der Waals surface area contributed by atoms with Gasteiger partial charge in [-0.15, -0.1) is 0 Å². The molecule has 0 radical (unpaired) electrons. The van der Waals surface area contributed by atoms with Gasteiger partial charge in [0.2, 0.25) is 0 Å². The number of aromatic nitrogens is 1. The molecule has 102 valence electrons. The molecule has 1 atom stereocenters. The molecular formula is C14H19N3O2. The van der Waals surface area contributed by atoms with Crippen LogP contribution in [-0.4, -0.2) is 24.2 Å². The van der Waals surface area contributed by atoms with Crippen LogP contribution in [0.1, 0.15) is 19.8 Å². The number of para-hydroxylation sites is 1. The molecule has 1 aliphatic rings. The average molecular weight is 261 g/mol. The lowest BCUT2D eigenvalue weighted by Gasteiger charge is -2.27. The first-order valence-corrected chi connectivity index (χ1v) is 6.73. The van der Waals surface area contributed by atoms with Gasteiger partial charge in [-0.3, -0.25) is 0 Å². The second-order valence-electron chi connectivity index (χ2n) is 5.10. The highest BCUT2D eigenvalue weighted by Gasteiger charge is 2.21. The van der Waals surface area contributed by atoms with E-state index >= 15 is 0 Å². The highest BCUT2D eigenvalue weighted by Crippen LogP contribution is 2.26. The van der Waals surface area contributed by atoms with Crippen molar-refractivity contribution in [2.75, 3.05) is 24.3 Å². The fraction of sp³-hybridized carbons (Fsp3) is 0.500. The molecule has 3 rings (SSSR count). The van der Waals surface area contributed by atoms with Crippen molar-refractivity contribution in [1.29, 1.82) is 0 Å². The van der Waals surface area contributed by atoms with Gasteiger partial charge in [-0.25, -0.2) is 0 Å². The second-order valence-corrected chi connectivity index (χ2v) is 5.10. The zero-order valence-electron chi connectivity index (χ0n) is 11.1. The maximum absolute atomic E-state index is 5.88. The molecule has 1 aromatic heterocycles. The first-order chi connectivity index (χ1) is 9.24. The summed E-state index contributed by atoms with van der Waals surface area (Å²) in [5.74, 6) is 0.598. The van der Waals surface area contributed by atoms with Crippen molar-refractivity contribution < 1.29 is 9.15 Å². The number of nitrogens with one attached hydrogen (secondary N) is 1. The lowest BCUT2D eigenvalue weighted by molar-refractivity contribution is 0.0620. The monoisotopic (exact) mass is 261 g/mol. The molecule has 0 saturated carbocycles. The number of fused-ring (bicyclic) bond motifs is 1. The highest BCUT2D eigenvalue weighted by atomic mass is 16.5. The molecule has 3 N–H and O–H groups in total. The van der Waals surface area contributed by atoms with E-state index in [9.17, 15) is 0 Å². The summed E-state index contributed by atoms with van der Waals surface area (Å²) in [6.07, 6.45) is 2.16. The van der Waals surface area contributed by atoms with Gasteiger partial charge in [0, 0.05) is 19.3 Å². The molecule has 1 aliphatic heterocycles. The number of nitrogens with two attached hydrogens (primary N) is 1. The molecule has 1 unspecified atom stereocenters. The lowest BCUT2D eigenvalue weighted by Crippen LogP contribution is -2.31. The number of anilines is 2. The third-order valence-corrected chi connectivity index (χ3v) is 3.77. The Kier molecular flexibility index (Phi) is 3.29. The van der Waals surface area contributed by atoms with Crippen LogP contribution in [0.15, 0.2) is 22.6 Å². The molecule has 0 spiro atoms. The maximum Gasteiger partial charge on any atom is 0.295 e. The summed E-state index contributed by atoms with van der Waals surface area (Å²) >= 11 is 0. The Labute approximate surface area is 112 Å². The number of hydrogen-bond acceptors (Lipinski definition) is 5. The van der Waals surface area contributed by atoms with Crippen LogP contribution in [0.25, 0.3) is 11.1 Å². The van der Waals surface area contributed by atoms with E-state index < -0.39 is 0 Å². The van der Waals surface area contributed by atoms with Crippen LogP contribution < -0.4 is 11.1 Å². The van der Waals surface area contributed by atoms with Gasteiger partial charge in [0.1, 0.15) is 5.52 Å². The standard InChI is InChI=1S/C14H19N3O2/c1-9(10-5-7-18-8-6-10)16-14-17-13-11(15)3-2-4-12(13)19-14/h2-4,9-10H,5-8,15H2,1H3,(H,16,17). The zero-order chi connectivity index (χ0) is 13.2. The fourth-order valence-corrected chi connectivity index (χ4v) is 2.56. The number of ether oxygens (including phenoxy) is 1.